The summed E-state index contributed by atoms with van der Waals surface area (Å²) in [6.45, 7) is 5.82. The highest BCUT2D eigenvalue weighted by atomic mass is 32.2. The highest BCUT2D eigenvalue weighted by molar-refractivity contribution is 7.89. The molecule has 1 aromatic carbocycles. The van der Waals surface area contributed by atoms with Crippen molar-refractivity contribution >= 4 is 27.3 Å². The lowest BCUT2D eigenvalue weighted by atomic mass is 9.97. The van der Waals surface area contributed by atoms with Crippen LogP contribution < -0.4 is 5.32 Å². The first-order chi connectivity index (χ1) is 15.5. The predicted octanol–water partition coefficient (Wildman–Crippen LogP) is 4.13. The largest absolute Gasteiger partial charge is 0.350 e. The first-order valence-corrected chi connectivity index (χ1v) is 13.9. The van der Waals surface area contributed by atoms with Crippen LogP contribution in [0.3, 0.4) is 0 Å². The second-order valence-corrected chi connectivity index (χ2v) is 11.8. The molecule has 6 nitrogen and oxygen atoms in total. The predicted molar refractivity (Wildman–Crippen MR) is 128 cm³/mol. The summed E-state index contributed by atoms with van der Waals surface area (Å²) in [5.74, 6) is 0.407. The zero-order valence-corrected chi connectivity index (χ0v) is 20.3. The van der Waals surface area contributed by atoms with Crippen LogP contribution >= 0.6 is 11.3 Å². The van der Waals surface area contributed by atoms with Crippen molar-refractivity contribution in [2.75, 3.05) is 32.7 Å². The summed E-state index contributed by atoms with van der Waals surface area (Å²) in [4.78, 5) is 17.0. The number of rotatable bonds is 7. The molecule has 1 N–H and O–H groups in total. The molecule has 1 atom stereocenters. The van der Waals surface area contributed by atoms with Gasteiger partial charge in [-0.1, -0.05) is 31.5 Å². The molecular formula is C24H33N3O3S2. The Balaban J connectivity index is 1.51. The van der Waals surface area contributed by atoms with Gasteiger partial charge in [0.15, 0.2) is 0 Å². The van der Waals surface area contributed by atoms with Gasteiger partial charge in [0.05, 0.1) is 16.5 Å². The molecule has 2 aliphatic heterocycles. The van der Waals surface area contributed by atoms with Crippen molar-refractivity contribution < 1.29 is 13.2 Å². The smallest absolute Gasteiger partial charge is 0.252 e. The molecule has 0 spiro atoms. The van der Waals surface area contributed by atoms with Crippen molar-refractivity contribution in [1.29, 1.82) is 0 Å². The Bertz CT molecular complexity index is 993. The third-order valence-corrected chi connectivity index (χ3v) is 9.58. The summed E-state index contributed by atoms with van der Waals surface area (Å²) in [5, 5.41) is 5.12. The molecule has 0 aliphatic carbocycles. The molecule has 0 bridgehead atoms. The number of carbonyl (C=O) groups is 1. The van der Waals surface area contributed by atoms with E-state index in [1.807, 2.05) is 6.07 Å². The second kappa shape index (κ2) is 10.5. The average Bonchev–Trinajstić information content (AvgIpc) is 3.35. The van der Waals surface area contributed by atoms with E-state index in [1.165, 1.54) is 9.18 Å². The van der Waals surface area contributed by atoms with Gasteiger partial charge in [-0.2, -0.15) is 4.31 Å². The van der Waals surface area contributed by atoms with Crippen molar-refractivity contribution in [3.63, 3.8) is 0 Å². The summed E-state index contributed by atoms with van der Waals surface area (Å²) >= 11 is 1.70. The van der Waals surface area contributed by atoms with Crippen LogP contribution in [0.15, 0.2) is 46.7 Å². The first-order valence-electron chi connectivity index (χ1n) is 11.6. The number of hydrogen-bond donors (Lipinski definition) is 1. The van der Waals surface area contributed by atoms with Crippen LogP contribution in [0.1, 0.15) is 60.3 Å². The molecule has 1 unspecified atom stereocenters. The maximum Gasteiger partial charge on any atom is 0.252 e. The van der Waals surface area contributed by atoms with E-state index in [1.54, 1.807) is 35.6 Å². The van der Waals surface area contributed by atoms with Crippen molar-refractivity contribution in [3.8, 4) is 0 Å². The minimum Gasteiger partial charge on any atom is -0.350 e. The molecule has 8 heteroatoms. The molecular weight excluding hydrogens is 442 g/mol. The van der Waals surface area contributed by atoms with Gasteiger partial charge in [-0.25, -0.2) is 8.42 Å². The quantitative estimate of drug-likeness (QED) is 0.654. The van der Waals surface area contributed by atoms with E-state index in [-0.39, 0.29) is 22.4 Å². The van der Waals surface area contributed by atoms with E-state index in [4.69, 9.17) is 0 Å². The summed E-state index contributed by atoms with van der Waals surface area (Å²) in [5.41, 5.74) is 0.232. The molecule has 0 radical (unpaired) electrons. The van der Waals surface area contributed by atoms with Gasteiger partial charge in [0, 0.05) is 24.5 Å². The molecule has 0 saturated carbocycles. The first kappa shape index (κ1) is 23.4. The molecule has 4 rings (SSSR count). The monoisotopic (exact) mass is 475 g/mol. The van der Waals surface area contributed by atoms with E-state index < -0.39 is 10.0 Å². The Morgan fingerprint density at radius 2 is 1.78 bits per heavy atom. The van der Waals surface area contributed by atoms with Crippen LogP contribution in [-0.4, -0.2) is 56.3 Å². The van der Waals surface area contributed by atoms with Gasteiger partial charge in [-0.3, -0.25) is 9.69 Å². The molecule has 1 amide bonds. The number of thiophene rings is 1. The van der Waals surface area contributed by atoms with Crippen molar-refractivity contribution in [1.82, 2.24) is 14.5 Å². The highest BCUT2D eigenvalue weighted by Gasteiger charge is 2.31. The van der Waals surface area contributed by atoms with Crippen LogP contribution in [0.4, 0.5) is 0 Å². The van der Waals surface area contributed by atoms with E-state index in [2.05, 4.69) is 28.6 Å². The third-order valence-electron chi connectivity index (χ3n) is 6.65. The molecule has 2 aliphatic rings. The van der Waals surface area contributed by atoms with Gasteiger partial charge in [0.1, 0.15) is 0 Å². The summed E-state index contributed by atoms with van der Waals surface area (Å²) in [6.07, 6.45) is 5.10. The van der Waals surface area contributed by atoms with E-state index >= 15 is 0 Å². The van der Waals surface area contributed by atoms with Crippen LogP contribution in [0, 0.1) is 5.92 Å². The van der Waals surface area contributed by atoms with Gasteiger partial charge in [-0.15, -0.1) is 11.3 Å². The standard InChI is InChI=1S/C24H33N3O3S2/c1-19-11-15-26(16-12-19)21(22-9-7-17-31-22)18-25-24(28)20-8-3-4-10-23(20)32(29,30)27-13-5-2-6-14-27/h3-4,7-10,17,19,21H,2,5-6,11-16,18H2,1H3,(H,25,28). The number of nitrogens with zero attached hydrogens (tertiary/aromatic N) is 2. The number of benzene rings is 1. The van der Waals surface area contributed by atoms with Crippen LogP contribution in [-0.2, 0) is 10.0 Å². The minimum absolute atomic E-state index is 0.109. The number of carbonyl (C=O) groups excluding carboxylic acids is 1. The molecule has 2 saturated heterocycles. The molecule has 3 heterocycles. The fraction of sp³-hybridized carbons (Fsp3) is 0.542. The Morgan fingerprint density at radius 3 is 2.47 bits per heavy atom. The van der Waals surface area contributed by atoms with Crippen LogP contribution in [0.25, 0.3) is 0 Å². The van der Waals surface area contributed by atoms with E-state index in [0.717, 1.165) is 51.1 Å². The number of likely N-dealkylation sites (tertiary alicyclic amines) is 1. The number of hydrogen-bond acceptors (Lipinski definition) is 5. The van der Waals surface area contributed by atoms with Crippen LogP contribution in [0.2, 0.25) is 0 Å². The maximum absolute atomic E-state index is 13.3. The lowest BCUT2D eigenvalue weighted by molar-refractivity contribution is 0.0911. The van der Waals surface area contributed by atoms with Crippen molar-refractivity contribution in [3.05, 3.63) is 52.2 Å². The topological polar surface area (TPSA) is 69.7 Å². The van der Waals surface area contributed by atoms with Gasteiger partial charge in [-0.05, 0) is 68.3 Å². The van der Waals surface area contributed by atoms with Crippen LogP contribution in [0.5, 0.6) is 0 Å². The van der Waals surface area contributed by atoms with Gasteiger partial charge in [0.25, 0.3) is 5.91 Å². The second-order valence-electron chi connectivity index (χ2n) is 8.92. The summed E-state index contributed by atoms with van der Waals surface area (Å²) < 4.78 is 28.0. The average molecular weight is 476 g/mol. The van der Waals surface area contributed by atoms with Crippen molar-refractivity contribution in [2.45, 2.75) is 50.0 Å². The summed E-state index contributed by atoms with van der Waals surface area (Å²) in [7, 11) is -3.68. The van der Waals surface area contributed by atoms with E-state index in [9.17, 15) is 13.2 Å². The molecule has 2 aromatic rings. The number of amides is 1. The number of piperidine rings is 2. The zero-order chi connectivity index (χ0) is 22.6. The van der Waals surface area contributed by atoms with Gasteiger partial charge >= 0.3 is 0 Å². The molecule has 174 valence electrons. The maximum atomic E-state index is 13.3. The highest BCUT2D eigenvalue weighted by Crippen LogP contribution is 2.29. The van der Waals surface area contributed by atoms with Gasteiger partial charge in [0.2, 0.25) is 10.0 Å². The third kappa shape index (κ3) is 5.25. The Labute approximate surface area is 195 Å². The van der Waals surface area contributed by atoms with Gasteiger partial charge < -0.3 is 5.32 Å². The summed E-state index contributed by atoms with van der Waals surface area (Å²) in [6, 6.07) is 10.9. The lowest BCUT2D eigenvalue weighted by Crippen LogP contribution is -2.42. The Morgan fingerprint density at radius 1 is 1.06 bits per heavy atom. The molecule has 1 aromatic heterocycles. The molecule has 32 heavy (non-hydrogen) atoms. The molecule has 2 fully saturated rings. The SMILES string of the molecule is CC1CCN(C(CNC(=O)c2ccccc2S(=O)(=O)N2CCCCC2)c2cccs2)CC1. The number of nitrogens with one attached hydrogen (secondary N) is 1. The normalized spacial score (nSPS) is 20.2. The lowest BCUT2D eigenvalue weighted by Gasteiger charge is -2.36. The fourth-order valence-corrected chi connectivity index (χ4v) is 7.21. The minimum atomic E-state index is -3.68. The fourth-order valence-electron chi connectivity index (χ4n) is 4.64. The zero-order valence-electron chi connectivity index (χ0n) is 18.7. The number of sulfonamides is 1. The van der Waals surface area contributed by atoms with E-state index in [0.29, 0.717) is 19.6 Å². The Kier molecular flexibility index (Phi) is 7.66. The van der Waals surface area contributed by atoms with Crippen molar-refractivity contribution in [2.24, 2.45) is 5.92 Å². The Hall–Kier alpha value is -1.74.